The summed E-state index contributed by atoms with van der Waals surface area (Å²) in [5.41, 5.74) is 2.12. The van der Waals surface area contributed by atoms with Crippen molar-refractivity contribution < 1.29 is 13.3 Å². The monoisotopic (exact) mass is 561 g/mol. The van der Waals surface area contributed by atoms with Gasteiger partial charge in [-0.15, -0.1) is 0 Å². The van der Waals surface area contributed by atoms with Crippen molar-refractivity contribution in [1.29, 1.82) is 0 Å². The van der Waals surface area contributed by atoms with Crippen LogP contribution in [0.5, 0.6) is 0 Å². The normalized spacial score (nSPS) is 16.0. The first-order valence-corrected chi connectivity index (χ1v) is 13.3. The van der Waals surface area contributed by atoms with Gasteiger partial charge in [-0.1, -0.05) is 5.16 Å². The predicted molar refractivity (Wildman–Crippen MR) is 147 cm³/mol. The average molecular weight is 562 g/mol. The number of fused-ring (bicyclic) bond motifs is 3. The van der Waals surface area contributed by atoms with Crippen LogP contribution in [0.2, 0.25) is 0 Å². The molecule has 4 aromatic heterocycles. The standard InChI is InChI=1S/C26H28FN11O3/c1-16-30-23(32-41-16)17-5-6-19(18(27)14-17)35-10-7-34(8-11-35)9-12-36-25-31-24-22(38(25)33(2)26(36)39)21(29-15-37(24)28)20-4-3-13-40-20/h3-6,13-14H,7-12,15,28H2,1-2H3. The summed E-state index contributed by atoms with van der Waals surface area (Å²) in [6, 6.07) is 8.60. The van der Waals surface area contributed by atoms with Gasteiger partial charge in [-0.05, 0) is 30.3 Å². The van der Waals surface area contributed by atoms with Crippen LogP contribution >= 0.6 is 0 Å². The molecule has 14 nitrogen and oxygen atoms in total. The fraction of sp³-hybridized carbons (Fsp3) is 0.346. The molecule has 0 bridgehead atoms. The van der Waals surface area contributed by atoms with Crippen molar-refractivity contribution in [2.75, 3.05) is 49.3 Å². The number of hydrogen-bond donors (Lipinski definition) is 1. The van der Waals surface area contributed by atoms with Crippen LogP contribution in [0.4, 0.5) is 15.9 Å². The van der Waals surface area contributed by atoms with Gasteiger partial charge in [-0.25, -0.2) is 24.2 Å². The summed E-state index contributed by atoms with van der Waals surface area (Å²) in [4.78, 5) is 31.0. The van der Waals surface area contributed by atoms with E-state index in [4.69, 9.17) is 19.8 Å². The highest BCUT2D eigenvalue weighted by Crippen LogP contribution is 2.28. The van der Waals surface area contributed by atoms with Crippen LogP contribution in [0.3, 0.4) is 0 Å². The maximum Gasteiger partial charge on any atom is 0.345 e. The van der Waals surface area contributed by atoms with Gasteiger partial charge in [0.15, 0.2) is 11.6 Å². The van der Waals surface area contributed by atoms with Crippen molar-refractivity contribution >= 4 is 23.0 Å². The first kappa shape index (κ1) is 25.2. The van der Waals surface area contributed by atoms with Crippen molar-refractivity contribution in [3.63, 3.8) is 0 Å². The number of piperazine rings is 1. The van der Waals surface area contributed by atoms with E-state index in [2.05, 4.69) is 20.0 Å². The molecule has 15 heteroatoms. The summed E-state index contributed by atoms with van der Waals surface area (Å²) >= 11 is 0. The molecule has 0 saturated carbocycles. The minimum atomic E-state index is -0.327. The summed E-state index contributed by atoms with van der Waals surface area (Å²) in [5, 5.41) is 5.32. The topological polar surface area (TPSA) is 144 Å². The molecule has 0 radical (unpaired) electrons. The Labute approximate surface area is 232 Å². The summed E-state index contributed by atoms with van der Waals surface area (Å²) in [6.45, 7) is 5.74. The van der Waals surface area contributed by atoms with E-state index in [1.165, 1.54) is 15.8 Å². The molecule has 1 saturated heterocycles. The number of halogens is 1. The van der Waals surface area contributed by atoms with Crippen molar-refractivity contribution in [1.82, 2.24) is 33.8 Å². The zero-order valence-corrected chi connectivity index (χ0v) is 22.6. The lowest BCUT2D eigenvalue weighted by Gasteiger charge is -2.36. The third kappa shape index (κ3) is 4.20. The van der Waals surface area contributed by atoms with E-state index in [-0.39, 0.29) is 18.2 Å². The molecule has 0 atom stereocenters. The molecule has 2 N–H and O–H groups in total. The van der Waals surface area contributed by atoms with Crippen molar-refractivity contribution in [3.8, 4) is 11.4 Å². The summed E-state index contributed by atoms with van der Waals surface area (Å²) < 4.78 is 30.5. The van der Waals surface area contributed by atoms with Gasteiger partial charge in [0.2, 0.25) is 17.5 Å². The Morgan fingerprint density at radius 3 is 2.63 bits per heavy atom. The van der Waals surface area contributed by atoms with Gasteiger partial charge in [-0.3, -0.25) is 19.5 Å². The number of aromatic nitrogens is 6. The Bertz CT molecular complexity index is 1820. The molecule has 1 fully saturated rings. The number of nitrogens with zero attached hydrogens (tertiary/aromatic N) is 10. The third-order valence-corrected chi connectivity index (χ3v) is 7.59. The molecule has 2 aliphatic rings. The predicted octanol–water partition coefficient (Wildman–Crippen LogP) is 1.24. The average Bonchev–Trinajstić information content (AvgIpc) is 3.77. The minimum Gasteiger partial charge on any atom is -0.463 e. The SMILES string of the molecule is Cc1nc(-c2ccc(N3CCN(CCn4c(=O)n(C)n5c6c(nc45)N(N)CN=C6c4ccco4)CC3)c(F)c2)no1. The van der Waals surface area contributed by atoms with E-state index < -0.39 is 0 Å². The highest BCUT2D eigenvalue weighted by atomic mass is 19.1. The highest BCUT2D eigenvalue weighted by Gasteiger charge is 2.31. The number of anilines is 2. The van der Waals surface area contributed by atoms with Gasteiger partial charge in [0.05, 0.1) is 12.0 Å². The van der Waals surface area contributed by atoms with Crippen molar-refractivity contribution in [2.45, 2.75) is 13.5 Å². The van der Waals surface area contributed by atoms with E-state index in [0.717, 1.165) is 13.1 Å². The third-order valence-electron chi connectivity index (χ3n) is 7.59. The van der Waals surface area contributed by atoms with Gasteiger partial charge < -0.3 is 13.8 Å². The van der Waals surface area contributed by atoms with Gasteiger partial charge in [0.1, 0.15) is 23.9 Å². The molecule has 41 heavy (non-hydrogen) atoms. The molecule has 0 amide bonds. The molecule has 0 spiro atoms. The quantitative estimate of drug-likeness (QED) is 0.301. The lowest BCUT2D eigenvalue weighted by molar-refractivity contribution is 0.247. The molecule has 2 aliphatic heterocycles. The molecule has 7 rings (SSSR count). The molecular formula is C26H28FN11O3. The number of nitrogens with two attached hydrogens (primary N) is 1. The Hall–Kier alpha value is -4.76. The van der Waals surface area contributed by atoms with E-state index >= 15 is 4.39 Å². The fourth-order valence-corrected chi connectivity index (χ4v) is 5.47. The molecule has 5 aromatic rings. The second kappa shape index (κ2) is 9.71. The number of imidazole rings is 1. The fourth-order valence-electron chi connectivity index (χ4n) is 5.47. The Morgan fingerprint density at radius 1 is 1.10 bits per heavy atom. The van der Waals surface area contributed by atoms with Gasteiger partial charge in [-0.2, -0.15) is 9.97 Å². The highest BCUT2D eigenvalue weighted by molar-refractivity contribution is 6.14. The number of aliphatic imine (C=N–C) groups is 1. The van der Waals surface area contributed by atoms with E-state index in [9.17, 15) is 4.79 Å². The van der Waals surface area contributed by atoms with Crippen LogP contribution in [-0.2, 0) is 13.6 Å². The molecule has 1 aromatic carbocycles. The first-order chi connectivity index (χ1) is 19.9. The number of hydrazine groups is 1. The molecule has 0 unspecified atom stereocenters. The van der Waals surface area contributed by atoms with Crippen LogP contribution in [0.15, 0.2) is 55.3 Å². The smallest absolute Gasteiger partial charge is 0.345 e. The Kier molecular flexibility index (Phi) is 5.97. The molecule has 6 heterocycles. The van der Waals surface area contributed by atoms with Crippen molar-refractivity contribution in [2.24, 2.45) is 17.9 Å². The molecular weight excluding hydrogens is 533 g/mol. The molecule has 0 aliphatic carbocycles. The summed E-state index contributed by atoms with van der Waals surface area (Å²) in [7, 11) is 1.70. The Morgan fingerprint density at radius 2 is 1.93 bits per heavy atom. The summed E-state index contributed by atoms with van der Waals surface area (Å²) in [6.07, 6.45) is 1.58. The zero-order valence-electron chi connectivity index (χ0n) is 22.6. The van der Waals surface area contributed by atoms with E-state index in [1.54, 1.807) is 47.5 Å². The van der Waals surface area contributed by atoms with E-state index in [1.807, 2.05) is 11.0 Å². The lowest BCUT2D eigenvalue weighted by Crippen LogP contribution is -2.47. The van der Waals surface area contributed by atoms with Gasteiger partial charge >= 0.3 is 5.69 Å². The van der Waals surface area contributed by atoms with Crippen LogP contribution in [0.25, 0.3) is 17.2 Å². The zero-order chi connectivity index (χ0) is 28.2. The lowest BCUT2D eigenvalue weighted by atomic mass is 10.1. The van der Waals surface area contributed by atoms with Crippen LogP contribution in [-0.4, -0.2) is 78.9 Å². The van der Waals surface area contributed by atoms with Crippen LogP contribution in [0.1, 0.15) is 17.3 Å². The van der Waals surface area contributed by atoms with Gasteiger partial charge in [0.25, 0.3) is 0 Å². The number of furan rings is 1. The molecule has 212 valence electrons. The van der Waals surface area contributed by atoms with Gasteiger partial charge in [0, 0.05) is 58.8 Å². The van der Waals surface area contributed by atoms with E-state index in [0.29, 0.717) is 77.9 Å². The number of hydrogen-bond acceptors (Lipinski definition) is 11. The van der Waals surface area contributed by atoms with Crippen LogP contribution < -0.4 is 21.4 Å². The largest absolute Gasteiger partial charge is 0.463 e. The Balaban J connectivity index is 1.06. The second-order valence-electron chi connectivity index (χ2n) is 10.1. The summed E-state index contributed by atoms with van der Waals surface area (Å²) in [5.74, 6) is 8.26. The maximum atomic E-state index is 15.0. The number of rotatable bonds is 6. The number of benzene rings is 1. The second-order valence-corrected chi connectivity index (χ2v) is 10.1. The van der Waals surface area contributed by atoms with Crippen LogP contribution in [0, 0.1) is 12.7 Å². The minimum absolute atomic E-state index is 0.194. The van der Waals surface area contributed by atoms with Crippen molar-refractivity contribution in [3.05, 3.63) is 70.2 Å². The first-order valence-electron chi connectivity index (χ1n) is 13.3. The maximum absolute atomic E-state index is 15.0. The number of aryl methyl sites for hydroxylation is 2.